The van der Waals surface area contributed by atoms with Gasteiger partial charge in [-0.3, -0.25) is 9.59 Å². The van der Waals surface area contributed by atoms with Gasteiger partial charge in [-0.1, -0.05) is 43.3 Å². The van der Waals surface area contributed by atoms with Crippen molar-refractivity contribution in [2.45, 2.75) is 20.3 Å². The molecule has 2 heteroatoms. The van der Waals surface area contributed by atoms with Crippen molar-refractivity contribution >= 4 is 11.6 Å². The van der Waals surface area contributed by atoms with Crippen LogP contribution in [0, 0.1) is 0 Å². The van der Waals surface area contributed by atoms with Crippen LogP contribution in [0.5, 0.6) is 0 Å². The van der Waals surface area contributed by atoms with E-state index in [9.17, 15) is 9.59 Å². The summed E-state index contributed by atoms with van der Waals surface area (Å²) in [5.74, 6) is -0.246. The highest BCUT2D eigenvalue weighted by Crippen LogP contribution is 2.05. The molecule has 0 atom stereocenters. The first-order valence-electron chi connectivity index (χ1n) is 5.66. The first-order valence-corrected chi connectivity index (χ1v) is 5.66. The first-order chi connectivity index (χ1) is 8.19. The molecule has 0 N–H and O–H groups in total. The molecule has 88 valence electrons. The summed E-state index contributed by atoms with van der Waals surface area (Å²) < 4.78 is 0. The fourth-order valence-electron chi connectivity index (χ4n) is 1.48. The number of rotatable bonds is 5. The predicted octanol–water partition coefficient (Wildman–Crippen LogP) is 3.35. The summed E-state index contributed by atoms with van der Waals surface area (Å²) in [5, 5.41) is 0. The molecule has 0 saturated carbocycles. The quantitative estimate of drug-likeness (QED) is 0.572. The van der Waals surface area contributed by atoms with Crippen molar-refractivity contribution < 1.29 is 9.59 Å². The molecular formula is C15H16O2. The smallest absolute Gasteiger partial charge is 0.185 e. The van der Waals surface area contributed by atoms with Gasteiger partial charge in [-0.2, -0.15) is 0 Å². The largest absolute Gasteiger partial charge is 0.290 e. The van der Waals surface area contributed by atoms with Crippen molar-refractivity contribution in [1.82, 2.24) is 0 Å². The average Bonchev–Trinajstić information content (AvgIpc) is 2.38. The number of carbonyl (C=O) groups excluding carboxylic acids is 2. The molecule has 0 aromatic heterocycles. The number of carbonyl (C=O) groups is 2. The molecule has 0 spiro atoms. The second-order valence-corrected chi connectivity index (χ2v) is 3.60. The van der Waals surface area contributed by atoms with Gasteiger partial charge in [0.1, 0.15) is 0 Å². The Morgan fingerprint density at radius 1 is 1.12 bits per heavy atom. The van der Waals surface area contributed by atoms with Crippen LogP contribution in [0.3, 0.4) is 0 Å². The predicted molar refractivity (Wildman–Crippen MR) is 69.0 cm³/mol. The third-order valence-electron chi connectivity index (χ3n) is 2.49. The maximum atomic E-state index is 11.7. The van der Waals surface area contributed by atoms with Crippen LogP contribution in [0.4, 0.5) is 0 Å². The van der Waals surface area contributed by atoms with E-state index in [0.29, 0.717) is 12.0 Å². The lowest BCUT2D eigenvalue weighted by atomic mass is 10.1. The lowest BCUT2D eigenvalue weighted by molar-refractivity contribution is -0.111. The Morgan fingerprint density at radius 3 is 2.29 bits per heavy atom. The molecule has 2 nitrogen and oxygen atoms in total. The van der Waals surface area contributed by atoms with Gasteiger partial charge in [-0.15, -0.1) is 0 Å². The molecule has 1 rings (SSSR count). The molecule has 0 aliphatic heterocycles. The number of hydrogen-bond acceptors (Lipinski definition) is 2. The van der Waals surface area contributed by atoms with E-state index in [1.165, 1.54) is 12.2 Å². The van der Waals surface area contributed by atoms with E-state index in [2.05, 4.69) is 0 Å². The van der Waals surface area contributed by atoms with Gasteiger partial charge in [0.15, 0.2) is 11.6 Å². The molecule has 0 heterocycles. The Hall–Kier alpha value is -1.96. The summed E-state index contributed by atoms with van der Waals surface area (Å²) in [6, 6.07) is 8.90. The number of allylic oxidation sites excluding steroid dienone is 4. The highest BCUT2D eigenvalue weighted by atomic mass is 16.1. The second kappa shape index (κ2) is 6.59. The summed E-state index contributed by atoms with van der Waals surface area (Å²) in [6.07, 6.45) is 5.13. The van der Waals surface area contributed by atoms with E-state index in [4.69, 9.17) is 0 Å². The zero-order chi connectivity index (χ0) is 12.7. The molecule has 0 saturated heterocycles. The maximum absolute atomic E-state index is 11.7. The molecular weight excluding hydrogens is 212 g/mol. The van der Waals surface area contributed by atoms with Crippen LogP contribution in [-0.4, -0.2) is 11.6 Å². The topological polar surface area (TPSA) is 34.1 Å². The van der Waals surface area contributed by atoms with Crippen molar-refractivity contribution in [3.8, 4) is 0 Å². The van der Waals surface area contributed by atoms with Gasteiger partial charge < -0.3 is 0 Å². The van der Waals surface area contributed by atoms with E-state index in [-0.39, 0.29) is 11.6 Å². The zero-order valence-corrected chi connectivity index (χ0v) is 10.1. The summed E-state index contributed by atoms with van der Waals surface area (Å²) >= 11 is 0. The minimum atomic E-state index is -0.148. The molecule has 0 aliphatic carbocycles. The van der Waals surface area contributed by atoms with E-state index in [0.717, 1.165) is 5.57 Å². The van der Waals surface area contributed by atoms with E-state index < -0.39 is 0 Å². The molecule has 0 unspecified atom stereocenters. The van der Waals surface area contributed by atoms with Gasteiger partial charge in [-0.25, -0.2) is 0 Å². The van der Waals surface area contributed by atoms with E-state index in [1.54, 1.807) is 30.3 Å². The highest BCUT2D eigenvalue weighted by molar-refractivity contribution is 6.11. The van der Waals surface area contributed by atoms with E-state index >= 15 is 0 Å². The van der Waals surface area contributed by atoms with Crippen LogP contribution in [0.1, 0.15) is 30.6 Å². The van der Waals surface area contributed by atoms with Crippen LogP contribution in [0.2, 0.25) is 0 Å². The van der Waals surface area contributed by atoms with Crippen LogP contribution in [0.15, 0.2) is 54.1 Å². The Kier molecular flexibility index (Phi) is 5.08. The fraction of sp³-hybridized carbons (Fsp3) is 0.200. The SMILES string of the molecule is C/C=C(\CC)C(=O)/C=C/C(=O)c1ccccc1. The second-order valence-electron chi connectivity index (χ2n) is 3.60. The number of benzene rings is 1. The van der Waals surface area contributed by atoms with Crippen molar-refractivity contribution in [3.05, 3.63) is 59.7 Å². The van der Waals surface area contributed by atoms with Gasteiger partial charge >= 0.3 is 0 Å². The summed E-state index contributed by atoms with van der Waals surface area (Å²) in [7, 11) is 0. The normalized spacial score (nSPS) is 11.8. The standard InChI is InChI=1S/C15H16O2/c1-3-12(4-2)14(16)10-11-15(17)13-8-6-5-7-9-13/h3,5-11H,4H2,1-2H3/b11-10+,12-3+. The lowest BCUT2D eigenvalue weighted by Gasteiger charge is -1.97. The van der Waals surface area contributed by atoms with E-state index in [1.807, 2.05) is 19.9 Å². The minimum Gasteiger partial charge on any atom is -0.290 e. The molecule has 17 heavy (non-hydrogen) atoms. The summed E-state index contributed by atoms with van der Waals surface area (Å²) in [4.78, 5) is 23.3. The highest BCUT2D eigenvalue weighted by Gasteiger charge is 2.04. The summed E-state index contributed by atoms with van der Waals surface area (Å²) in [6.45, 7) is 3.74. The van der Waals surface area contributed by atoms with Crippen molar-refractivity contribution in [2.24, 2.45) is 0 Å². The molecule has 0 aliphatic rings. The Morgan fingerprint density at radius 2 is 1.76 bits per heavy atom. The molecule has 0 fully saturated rings. The van der Waals surface area contributed by atoms with Gasteiger partial charge in [0.05, 0.1) is 0 Å². The fourth-order valence-corrected chi connectivity index (χ4v) is 1.48. The Labute approximate surface area is 102 Å². The lowest BCUT2D eigenvalue weighted by Crippen LogP contribution is -2.00. The van der Waals surface area contributed by atoms with Crippen LogP contribution >= 0.6 is 0 Å². The van der Waals surface area contributed by atoms with Crippen molar-refractivity contribution in [2.75, 3.05) is 0 Å². The molecule has 0 bridgehead atoms. The Balaban J connectivity index is 2.73. The first kappa shape index (κ1) is 13.1. The van der Waals surface area contributed by atoms with Crippen molar-refractivity contribution in [1.29, 1.82) is 0 Å². The minimum absolute atomic E-state index is 0.0979. The number of hydrogen-bond donors (Lipinski definition) is 0. The Bertz CT molecular complexity index is 453. The molecule has 1 aromatic rings. The van der Waals surface area contributed by atoms with Crippen LogP contribution in [0.25, 0.3) is 0 Å². The average molecular weight is 228 g/mol. The third kappa shape index (κ3) is 3.83. The third-order valence-corrected chi connectivity index (χ3v) is 2.49. The van der Waals surface area contributed by atoms with Gasteiger partial charge in [0, 0.05) is 5.56 Å². The number of ketones is 2. The zero-order valence-electron chi connectivity index (χ0n) is 10.1. The van der Waals surface area contributed by atoms with Crippen LogP contribution < -0.4 is 0 Å². The van der Waals surface area contributed by atoms with Crippen LogP contribution in [-0.2, 0) is 4.79 Å². The van der Waals surface area contributed by atoms with Gasteiger partial charge in [0.25, 0.3) is 0 Å². The van der Waals surface area contributed by atoms with Gasteiger partial charge in [0.2, 0.25) is 0 Å². The van der Waals surface area contributed by atoms with Gasteiger partial charge in [-0.05, 0) is 31.1 Å². The van der Waals surface area contributed by atoms with Crippen molar-refractivity contribution in [3.63, 3.8) is 0 Å². The molecule has 1 aromatic carbocycles. The maximum Gasteiger partial charge on any atom is 0.185 e. The monoisotopic (exact) mass is 228 g/mol. The molecule has 0 radical (unpaired) electrons. The summed E-state index contributed by atoms with van der Waals surface area (Å²) in [5.41, 5.74) is 1.32. The molecule has 0 amide bonds.